The second-order valence-electron chi connectivity index (χ2n) is 2.34. The van der Waals surface area contributed by atoms with Crippen LogP contribution < -0.4 is 5.73 Å². The first-order chi connectivity index (χ1) is 4.33. The van der Waals surface area contributed by atoms with Crippen LogP contribution in [-0.4, -0.2) is 26.0 Å². The molecule has 1 fully saturated rings. The molecule has 1 aliphatic rings. The Balaban J connectivity index is 2.18. The predicted octanol–water partition coefficient (Wildman–Crippen LogP) is 0.0966. The third-order valence-corrected chi connectivity index (χ3v) is 1.53. The Morgan fingerprint density at radius 2 is 2.33 bits per heavy atom. The van der Waals surface area contributed by atoms with E-state index in [2.05, 4.69) is 0 Å². The Bertz CT molecular complexity index is 79.1. The van der Waals surface area contributed by atoms with Gasteiger partial charge in [0.2, 0.25) is 0 Å². The van der Waals surface area contributed by atoms with E-state index in [9.17, 15) is 0 Å². The molecule has 0 amide bonds. The summed E-state index contributed by atoms with van der Waals surface area (Å²) in [5, 5.41) is 0. The van der Waals surface area contributed by atoms with Crippen LogP contribution in [0.25, 0.3) is 0 Å². The van der Waals surface area contributed by atoms with Gasteiger partial charge in [-0.15, -0.1) is 0 Å². The van der Waals surface area contributed by atoms with Crippen molar-refractivity contribution in [1.82, 2.24) is 0 Å². The number of ether oxygens (including phenoxy) is 2. The molecule has 0 radical (unpaired) electrons. The normalized spacial score (nSPS) is 36.7. The van der Waals surface area contributed by atoms with Crippen molar-refractivity contribution in [2.24, 2.45) is 5.73 Å². The van der Waals surface area contributed by atoms with Gasteiger partial charge in [0.25, 0.3) is 0 Å². The van der Waals surface area contributed by atoms with Gasteiger partial charge in [0.1, 0.15) is 0 Å². The Morgan fingerprint density at radius 3 is 2.78 bits per heavy atom. The summed E-state index contributed by atoms with van der Waals surface area (Å²) in [5.74, 6) is 0. The minimum Gasteiger partial charge on any atom is -0.356 e. The minimum atomic E-state index is -0.00944. The van der Waals surface area contributed by atoms with Crippen LogP contribution in [-0.2, 0) is 9.47 Å². The minimum absolute atomic E-state index is 0.00944. The molecule has 1 aliphatic heterocycles. The van der Waals surface area contributed by atoms with Crippen molar-refractivity contribution in [1.29, 1.82) is 0 Å². The highest BCUT2D eigenvalue weighted by atomic mass is 16.7. The lowest BCUT2D eigenvalue weighted by atomic mass is 10.1. The largest absolute Gasteiger partial charge is 0.356 e. The summed E-state index contributed by atoms with van der Waals surface area (Å²) in [6.45, 7) is 0.637. The SMILES string of the molecule is COC1CCC(N)CO1. The van der Waals surface area contributed by atoms with E-state index in [1.165, 1.54) is 0 Å². The molecule has 3 heteroatoms. The van der Waals surface area contributed by atoms with Gasteiger partial charge in [-0.2, -0.15) is 0 Å². The topological polar surface area (TPSA) is 44.5 Å². The van der Waals surface area contributed by atoms with Crippen molar-refractivity contribution in [2.45, 2.75) is 25.2 Å². The van der Waals surface area contributed by atoms with Crippen molar-refractivity contribution < 1.29 is 9.47 Å². The molecule has 54 valence electrons. The summed E-state index contributed by atoms with van der Waals surface area (Å²) in [6.07, 6.45) is 1.93. The molecule has 2 unspecified atom stereocenters. The zero-order chi connectivity index (χ0) is 6.69. The first-order valence-electron chi connectivity index (χ1n) is 3.23. The molecule has 0 spiro atoms. The highest BCUT2D eigenvalue weighted by molar-refractivity contribution is 4.66. The van der Waals surface area contributed by atoms with Gasteiger partial charge in [-0.25, -0.2) is 0 Å². The summed E-state index contributed by atoms with van der Waals surface area (Å²) in [4.78, 5) is 0. The highest BCUT2D eigenvalue weighted by Gasteiger charge is 2.17. The lowest BCUT2D eigenvalue weighted by Crippen LogP contribution is -2.35. The second kappa shape index (κ2) is 3.15. The van der Waals surface area contributed by atoms with Crippen LogP contribution in [0.15, 0.2) is 0 Å². The van der Waals surface area contributed by atoms with Gasteiger partial charge < -0.3 is 15.2 Å². The Labute approximate surface area is 55.1 Å². The second-order valence-corrected chi connectivity index (χ2v) is 2.34. The molecule has 0 aromatic heterocycles. The van der Waals surface area contributed by atoms with E-state index < -0.39 is 0 Å². The fourth-order valence-corrected chi connectivity index (χ4v) is 0.934. The maximum atomic E-state index is 5.57. The summed E-state index contributed by atoms with van der Waals surface area (Å²) >= 11 is 0. The molecule has 1 rings (SSSR count). The van der Waals surface area contributed by atoms with E-state index in [4.69, 9.17) is 15.2 Å². The molecule has 0 aromatic carbocycles. The van der Waals surface area contributed by atoms with E-state index in [1.54, 1.807) is 7.11 Å². The maximum Gasteiger partial charge on any atom is 0.157 e. The smallest absolute Gasteiger partial charge is 0.157 e. The quantitative estimate of drug-likeness (QED) is 0.548. The van der Waals surface area contributed by atoms with Gasteiger partial charge in [-0.3, -0.25) is 0 Å². The third kappa shape index (κ3) is 1.93. The fourth-order valence-electron chi connectivity index (χ4n) is 0.934. The highest BCUT2D eigenvalue weighted by Crippen LogP contribution is 2.11. The zero-order valence-corrected chi connectivity index (χ0v) is 5.67. The van der Waals surface area contributed by atoms with Crippen molar-refractivity contribution in [3.63, 3.8) is 0 Å². The van der Waals surface area contributed by atoms with Crippen molar-refractivity contribution in [3.05, 3.63) is 0 Å². The van der Waals surface area contributed by atoms with E-state index >= 15 is 0 Å². The average Bonchev–Trinajstić information content (AvgIpc) is 1.90. The molecule has 0 aliphatic carbocycles. The van der Waals surface area contributed by atoms with E-state index in [0.717, 1.165) is 12.8 Å². The molecule has 9 heavy (non-hydrogen) atoms. The van der Waals surface area contributed by atoms with Gasteiger partial charge in [0, 0.05) is 13.2 Å². The lowest BCUT2D eigenvalue weighted by Gasteiger charge is -2.25. The van der Waals surface area contributed by atoms with Gasteiger partial charge in [0.15, 0.2) is 6.29 Å². The number of rotatable bonds is 1. The zero-order valence-electron chi connectivity index (χ0n) is 5.67. The van der Waals surface area contributed by atoms with Gasteiger partial charge >= 0.3 is 0 Å². The molecule has 0 saturated carbocycles. The number of hydrogen-bond donors (Lipinski definition) is 1. The molecule has 2 atom stereocenters. The van der Waals surface area contributed by atoms with Crippen LogP contribution in [0.4, 0.5) is 0 Å². The van der Waals surface area contributed by atoms with Crippen LogP contribution in [0.1, 0.15) is 12.8 Å². The number of hydrogen-bond acceptors (Lipinski definition) is 3. The van der Waals surface area contributed by atoms with Gasteiger partial charge in [-0.1, -0.05) is 0 Å². The van der Waals surface area contributed by atoms with Crippen LogP contribution in [0.5, 0.6) is 0 Å². The molecular formula is C6H13NO2. The monoisotopic (exact) mass is 131 g/mol. The first kappa shape index (κ1) is 6.99. The summed E-state index contributed by atoms with van der Waals surface area (Å²) in [6, 6.07) is 0.219. The lowest BCUT2D eigenvalue weighted by molar-refractivity contribution is -0.149. The average molecular weight is 131 g/mol. The summed E-state index contributed by atoms with van der Waals surface area (Å²) in [5.41, 5.74) is 5.57. The third-order valence-electron chi connectivity index (χ3n) is 1.53. The van der Waals surface area contributed by atoms with Crippen molar-refractivity contribution >= 4 is 0 Å². The van der Waals surface area contributed by atoms with Gasteiger partial charge in [0.05, 0.1) is 6.61 Å². The molecule has 0 aromatic rings. The number of nitrogens with two attached hydrogens (primary N) is 1. The maximum absolute atomic E-state index is 5.57. The molecule has 2 N–H and O–H groups in total. The summed E-state index contributed by atoms with van der Waals surface area (Å²) < 4.78 is 10.2. The standard InChI is InChI=1S/C6H13NO2/c1-8-6-3-2-5(7)4-9-6/h5-6H,2-4,7H2,1H3. The fraction of sp³-hybridized carbons (Fsp3) is 1.00. The van der Waals surface area contributed by atoms with Crippen LogP contribution in [0.3, 0.4) is 0 Å². The van der Waals surface area contributed by atoms with E-state index in [1.807, 2.05) is 0 Å². The summed E-state index contributed by atoms with van der Waals surface area (Å²) in [7, 11) is 1.65. The first-order valence-corrected chi connectivity index (χ1v) is 3.23. The Morgan fingerprint density at radius 1 is 1.56 bits per heavy atom. The van der Waals surface area contributed by atoms with E-state index in [-0.39, 0.29) is 12.3 Å². The predicted molar refractivity (Wildman–Crippen MR) is 34.0 cm³/mol. The van der Waals surface area contributed by atoms with E-state index in [0.29, 0.717) is 6.61 Å². The van der Waals surface area contributed by atoms with Gasteiger partial charge in [-0.05, 0) is 12.8 Å². The Kier molecular flexibility index (Phi) is 2.45. The van der Waals surface area contributed by atoms with Crippen molar-refractivity contribution in [3.8, 4) is 0 Å². The van der Waals surface area contributed by atoms with Crippen LogP contribution in [0.2, 0.25) is 0 Å². The molecule has 1 heterocycles. The molecule has 0 bridgehead atoms. The molecular weight excluding hydrogens is 118 g/mol. The number of methoxy groups -OCH3 is 1. The molecule has 3 nitrogen and oxygen atoms in total. The van der Waals surface area contributed by atoms with Crippen molar-refractivity contribution in [2.75, 3.05) is 13.7 Å². The molecule has 1 saturated heterocycles. The Hall–Kier alpha value is -0.120. The van der Waals surface area contributed by atoms with Crippen LogP contribution in [0, 0.1) is 0 Å². The van der Waals surface area contributed by atoms with Crippen LogP contribution >= 0.6 is 0 Å².